The molecule has 2 atom stereocenters. The third-order valence-electron chi connectivity index (χ3n) is 6.22. The third kappa shape index (κ3) is 9.76. The highest BCUT2D eigenvalue weighted by Crippen LogP contribution is 2.31. The van der Waals surface area contributed by atoms with Crippen LogP contribution in [0.5, 0.6) is 0 Å². The van der Waals surface area contributed by atoms with E-state index in [1.54, 1.807) is 31.7 Å². The highest BCUT2D eigenvalue weighted by molar-refractivity contribution is 7.80. The molecule has 0 fully saturated rings. The van der Waals surface area contributed by atoms with Crippen molar-refractivity contribution in [3.8, 4) is 0 Å². The van der Waals surface area contributed by atoms with E-state index in [1.165, 1.54) is 0 Å². The Kier molecular flexibility index (Phi) is 12.6. The van der Waals surface area contributed by atoms with E-state index in [0.29, 0.717) is 29.2 Å². The van der Waals surface area contributed by atoms with Gasteiger partial charge in [-0.25, -0.2) is 4.79 Å². The van der Waals surface area contributed by atoms with Crippen molar-refractivity contribution in [2.45, 2.75) is 84.9 Å². The Labute approximate surface area is 243 Å². The van der Waals surface area contributed by atoms with Crippen LogP contribution in [0.1, 0.15) is 76.1 Å². The number of para-hydroxylation sites is 1. The third-order valence-corrected chi connectivity index (χ3v) is 6.90. The lowest BCUT2D eigenvalue weighted by Crippen LogP contribution is -2.53. The Morgan fingerprint density at radius 1 is 1.00 bits per heavy atom. The molecule has 2 N–H and O–H groups in total. The summed E-state index contributed by atoms with van der Waals surface area (Å²) in [5.74, 6) is -0.763. The quantitative estimate of drug-likeness (QED) is 0.190. The molecule has 0 aliphatic carbocycles. The lowest BCUT2D eigenvalue weighted by Gasteiger charge is -2.35. The molecule has 214 valence electrons. The Hall–Kier alpha value is -2.71. The number of benzene rings is 2. The second-order valence-electron chi connectivity index (χ2n) is 10.7. The number of ether oxygens (including phenoxy) is 1. The van der Waals surface area contributed by atoms with E-state index in [1.807, 2.05) is 50.2 Å². The van der Waals surface area contributed by atoms with Gasteiger partial charge >= 0.3 is 6.09 Å². The predicted molar refractivity (Wildman–Crippen MR) is 162 cm³/mol. The molecule has 7 nitrogen and oxygen atoms in total. The first kappa shape index (κ1) is 32.5. The Bertz CT molecular complexity index is 1120. The van der Waals surface area contributed by atoms with Crippen LogP contribution in [0.3, 0.4) is 0 Å². The maximum Gasteiger partial charge on any atom is 0.408 e. The van der Waals surface area contributed by atoms with Crippen LogP contribution in [-0.4, -0.2) is 46.7 Å². The highest BCUT2D eigenvalue weighted by Gasteiger charge is 2.36. The number of nitrogens with zero attached hydrogens (tertiary/aromatic N) is 1. The topological polar surface area (TPSA) is 87.7 Å². The lowest BCUT2D eigenvalue weighted by molar-refractivity contribution is -0.140. The lowest BCUT2D eigenvalue weighted by atomic mass is 9.97. The number of nitrogens with one attached hydrogen (secondary N) is 2. The number of thiol groups is 1. The molecule has 0 spiro atoms. The number of alkyl carbamates (subject to hydrolysis) is 1. The van der Waals surface area contributed by atoms with Gasteiger partial charge in [-0.1, -0.05) is 74.2 Å². The number of rotatable bonds is 12. The number of amides is 3. The second kappa shape index (κ2) is 15.2. The molecule has 0 heterocycles. The van der Waals surface area contributed by atoms with Crippen LogP contribution in [0.4, 0.5) is 10.5 Å². The Morgan fingerprint density at radius 3 is 2.26 bits per heavy atom. The van der Waals surface area contributed by atoms with Crippen LogP contribution in [-0.2, 0) is 14.3 Å². The molecule has 2 rings (SSSR count). The first-order valence-electron chi connectivity index (χ1n) is 13.4. The summed E-state index contributed by atoms with van der Waals surface area (Å²) in [7, 11) is 0. The Morgan fingerprint density at radius 2 is 1.67 bits per heavy atom. The minimum Gasteiger partial charge on any atom is -0.444 e. The first-order valence-corrected chi connectivity index (χ1v) is 14.4. The van der Waals surface area contributed by atoms with Gasteiger partial charge in [0.05, 0.1) is 10.7 Å². The van der Waals surface area contributed by atoms with Crippen molar-refractivity contribution in [2.24, 2.45) is 0 Å². The van der Waals surface area contributed by atoms with Crippen molar-refractivity contribution < 1.29 is 19.1 Å². The molecule has 9 heteroatoms. The zero-order valence-electron chi connectivity index (χ0n) is 23.8. The smallest absolute Gasteiger partial charge is 0.408 e. The molecule has 0 aliphatic heterocycles. The maximum absolute atomic E-state index is 14.1. The second-order valence-corrected chi connectivity index (χ2v) is 11.4. The molecule has 2 aromatic carbocycles. The number of hydrogen-bond donors (Lipinski definition) is 3. The van der Waals surface area contributed by atoms with Gasteiger partial charge in [-0.15, -0.1) is 0 Å². The van der Waals surface area contributed by atoms with Crippen molar-refractivity contribution in [1.82, 2.24) is 10.2 Å². The highest BCUT2D eigenvalue weighted by atomic mass is 35.5. The van der Waals surface area contributed by atoms with Gasteiger partial charge in [-0.05, 0) is 63.8 Å². The van der Waals surface area contributed by atoms with Crippen molar-refractivity contribution >= 4 is 47.8 Å². The Balaban J connectivity index is 2.53. The molecule has 0 radical (unpaired) electrons. The van der Waals surface area contributed by atoms with E-state index in [-0.39, 0.29) is 11.7 Å². The molecule has 2 aromatic rings. The standard InChI is InChI=1S/C30H42ClN3O4S/c1-7-8-9-12-18-34(28(36)24(19-39)32-29(37)38-30(4,5)6)26(22-16-11-10-14-20(22)2)27(35)33-25-21(3)15-13-17-23(25)31/h10-11,13-17,24,26,39H,7-9,12,18-19H2,1-6H3,(H,32,37)(H,33,35). The van der Waals surface area contributed by atoms with Gasteiger partial charge in [0.25, 0.3) is 5.91 Å². The maximum atomic E-state index is 14.1. The number of aryl methyl sites for hydroxylation is 2. The molecule has 0 aliphatic rings. The largest absolute Gasteiger partial charge is 0.444 e. The van der Waals surface area contributed by atoms with Gasteiger partial charge < -0.3 is 20.3 Å². The number of unbranched alkanes of at least 4 members (excludes halogenated alkanes) is 3. The molecule has 39 heavy (non-hydrogen) atoms. The summed E-state index contributed by atoms with van der Waals surface area (Å²) in [5.41, 5.74) is 2.13. The normalized spacial score (nSPS) is 12.8. The van der Waals surface area contributed by atoms with Gasteiger partial charge in [0.15, 0.2) is 0 Å². The number of carbonyl (C=O) groups excluding carboxylic acids is 3. The fourth-order valence-electron chi connectivity index (χ4n) is 4.24. The van der Waals surface area contributed by atoms with Crippen molar-refractivity contribution in [3.05, 3.63) is 64.2 Å². The molecule has 3 amide bonds. The van der Waals surface area contributed by atoms with Crippen LogP contribution < -0.4 is 10.6 Å². The van der Waals surface area contributed by atoms with Gasteiger partial charge in [0.1, 0.15) is 17.7 Å². The van der Waals surface area contributed by atoms with E-state index in [9.17, 15) is 14.4 Å². The van der Waals surface area contributed by atoms with Gasteiger partial charge in [0.2, 0.25) is 5.91 Å². The van der Waals surface area contributed by atoms with E-state index in [0.717, 1.165) is 30.4 Å². The zero-order chi connectivity index (χ0) is 29.2. The summed E-state index contributed by atoms with van der Waals surface area (Å²) < 4.78 is 5.38. The summed E-state index contributed by atoms with van der Waals surface area (Å²) >= 11 is 10.8. The minimum absolute atomic E-state index is 0.0370. The predicted octanol–water partition coefficient (Wildman–Crippen LogP) is 6.87. The molecule has 0 saturated heterocycles. The van der Waals surface area contributed by atoms with Gasteiger partial charge in [-0.2, -0.15) is 12.6 Å². The number of hydrogen-bond acceptors (Lipinski definition) is 5. The van der Waals surface area contributed by atoms with Crippen molar-refractivity contribution in [3.63, 3.8) is 0 Å². The van der Waals surface area contributed by atoms with E-state index >= 15 is 0 Å². The fraction of sp³-hybridized carbons (Fsp3) is 0.500. The van der Waals surface area contributed by atoms with Crippen LogP contribution in [0.15, 0.2) is 42.5 Å². The van der Waals surface area contributed by atoms with Crippen LogP contribution in [0.25, 0.3) is 0 Å². The van der Waals surface area contributed by atoms with Crippen LogP contribution in [0, 0.1) is 13.8 Å². The molecule has 0 bridgehead atoms. The zero-order valence-corrected chi connectivity index (χ0v) is 25.5. The molecule has 0 aromatic heterocycles. The molecule has 2 unspecified atom stereocenters. The van der Waals surface area contributed by atoms with E-state index < -0.39 is 29.7 Å². The first-order chi connectivity index (χ1) is 18.4. The number of carbonyl (C=O) groups is 3. The monoisotopic (exact) mass is 575 g/mol. The minimum atomic E-state index is -0.990. The van der Waals surface area contributed by atoms with E-state index in [2.05, 4.69) is 30.2 Å². The number of halogens is 1. The van der Waals surface area contributed by atoms with Gasteiger partial charge in [0, 0.05) is 12.3 Å². The summed E-state index contributed by atoms with van der Waals surface area (Å²) in [5, 5.41) is 6.04. The van der Waals surface area contributed by atoms with Crippen molar-refractivity contribution in [1.29, 1.82) is 0 Å². The summed E-state index contributed by atoms with van der Waals surface area (Å²) in [6, 6.07) is 10.9. The molecular formula is C30H42ClN3O4S. The summed E-state index contributed by atoms with van der Waals surface area (Å²) in [6.45, 7) is 11.5. The fourth-order valence-corrected chi connectivity index (χ4v) is 4.75. The SMILES string of the molecule is CCCCCCN(C(=O)C(CS)NC(=O)OC(C)(C)C)C(C(=O)Nc1c(C)cccc1Cl)c1ccccc1C. The average molecular weight is 576 g/mol. The summed E-state index contributed by atoms with van der Waals surface area (Å²) in [6.07, 6.45) is 2.92. The van der Waals surface area contributed by atoms with Gasteiger partial charge in [-0.3, -0.25) is 9.59 Å². The van der Waals surface area contributed by atoms with Crippen LogP contribution >= 0.6 is 24.2 Å². The van der Waals surface area contributed by atoms with Crippen molar-refractivity contribution in [2.75, 3.05) is 17.6 Å². The van der Waals surface area contributed by atoms with Crippen LogP contribution in [0.2, 0.25) is 5.02 Å². The average Bonchev–Trinajstić information content (AvgIpc) is 2.86. The number of anilines is 1. The molecular weight excluding hydrogens is 534 g/mol. The molecule has 0 saturated carbocycles. The summed E-state index contributed by atoms with van der Waals surface area (Å²) in [4.78, 5) is 42.2. The van der Waals surface area contributed by atoms with E-state index in [4.69, 9.17) is 16.3 Å².